The van der Waals surface area contributed by atoms with E-state index < -0.39 is 6.10 Å². The maximum atomic E-state index is 12.5. The molecule has 3 aromatic rings. The van der Waals surface area contributed by atoms with E-state index in [4.69, 9.17) is 27.9 Å². The first-order chi connectivity index (χ1) is 13.6. The third-order valence-electron chi connectivity index (χ3n) is 4.35. The minimum atomic E-state index is -0.623. The van der Waals surface area contributed by atoms with Crippen LogP contribution in [0.15, 0.2) is 72.8 Å². The van der Waals surface area contributed by atoms with Crippen LogP contribution >= 0.6 is 23.2 Å². The summed E-state index contributed by atoms with van der Waals surface area (Å²) in [6.07, 6.45) is -0.0974. The van der Waals surface area contributed by atoms with Crippen LogP contribution in [0.5, 0.6) is 5.75 Å². The zero-order valence-electron chi connectivity index (χ0n) is 15.5. The molecule has 0 aliphatic rings. The summed E-state index contributed by atoms with van der Waals surface area (Å²) >= 11 is 12.0. The molecule has 0 fully saturated rings. The topological polar surface area (TPSA) is 38.3 Å². The average Bonchev–Trinajstić information content (AvgIpc) is 2.72. The second kappa shape index (κ2) is 9.63. The van der Waals surface area contributed by atoms with E-state index in [1.165, 1.54) is 0 Å². The minimum Gasteiger partial charge on any atom is -0.479 e. The maximum Gasteiger partial charge on any atom is 0.261 e. The van der Waals surface area contributed by atoms with Gasteiger partial charge in [-0.25, -0.2) is 0 Å². The van der Waals surface area contributed by atoms with Crippen molar-refractivity contribution in [3.05, 3.63) is 88.4 Å². The number of amides is 1. The molecule has 3 nitrogen and oxygen atoms in total. The molecule has 144 valence electrons. The van der Waals surface area contributed by atoms with E-state index in [9.17, 15) is 4.79 Å². The van der Waals surface area contributed by atoms with Crippen molar-refractivity contribution >= 4 is 29.1 Å². The van der Waals surface area contributed by atoms with Crippen molar-refractivity contribution in [2.75, 3.05) is 0 Å². The molecule has 0 radical (unpaired) electrons. The Labute approximate surface area is 175 Å². The first-order valence-corrected chi connectivity index (χ1v) is 9.86. The normalized spacial score (nSPS) is 11.7. The van der Waals surface area contributed by atoms with Gasteiger partial charge in [0.15, 0.2) is 6.10 Å². The molecule has 3 rings (SSSR count). The molecule has 0 aliphatic carbocycles. The van der Waals surface area contributed by atoms with Crippen LogP contribution in [0.2, 0.25) is 10.0 Å². The van der Waals surface area contributed by atoms with E-state index in [2.05, 4.69) is 29.6 Å². The van der Waals surface area contributed by atoms with Crippen LogP contribution in [0.4, 0.5) is 0 Å². The van der Waals surface area contributed by atoms with E-state index in [1.807, 2.05) is 37.3 Å². The van der Waals surface area contributed by atoms with Crippen LogP contribution in [-0.4, -0.2) is 12.0 Å². The number of ether oxygens (including phenoxy) is 1. The molecule has 3 aromatic carbocycles. The molecule has 28 heavy (non-hydrogen) atoms. The molecular weight excluding hydrogens is 393 g/mol. The molecule has 0 heterocycles. The molecule has 0 bridgehead atoms. The summed E-state index contributed by atoms with van der Waals surface area (Å²) in [4.78, 5) is 12.5. The van der Waals surface area contributed by atoms with Crippen molar-refractivity contribution in [2.24, 2.45) is 0 Å². The fourth-order valence-corrected chi connectivity index (χ4v) is 3.25. The summed E-state index contributed by atoms with van der Waals surface area (Å²) < 4.78 is 5.77. The van der Waals surface area contributed by atoms with Crippen LogP contribution in [0, 0.1) is 0 Å². The molecule has 1 N–H and O–H groups in total. The quantitative estimate of drug-likeness (QED) is 0.505. The molecule has 0 spiro atoms. The third kappa shape index (κ3) is 5.28. The Morgan fingerprint density at radius 1 is 0.964 bits per heavy atom. The molecule has 0 aromatic heterocycles. The van der Waals surface area contributed by atoms with Gasteiger partial charge in [-0.15, -0.1) is 0 Å². The Morgan fingerprint density at radius 2 is 1.64 bits per heavy atom. The molecule has 0 aliphatic heterocycles. The minimum absolute atomic E-state index is 0.180. The Hall–Kier alpha value is -2.49. The molecular formula is C23H21Cl2NO2. The fourth-order valence-electron chi connectivity index (χ4n) is 2.79. The maximum absolute atomic E-state index is 12.5. The summed E-state index contributed by atoms with van der Waals surface area (Å²) in [6, 6.07) is 23.3. The van der Waals surface area contributed by atoms with Gasteiger partial charge >= 0.3 is 0 Å². The second-order valence-corrected chi connectivity index (χ2v) is 7.21. The summed E-state index contributed by atoms with van der Waals surface area (Å²) in [6.45, 7) is 2.32. The lowest BCUT2D eigenvalue weighted by atomic mass is 10.0. The van der Waals surface area contributed by atoms with Crippen LogP contribution in [0.25, 0.3) is 11.1 Å². The van der Waals surface area contributed by atoms with E-state index in [0.29, 0.717) is 28.8 Å². The number of carbonyl (C=O) groups excluding carboxylic acids is 1. The molecule has 5 heteroatoms. The predicted molar refractivity (Wildman–Crippen MR) is 115 cm³/mol. The second-order valence-electron chi connectivity index (χ2n) is 6.37. The van der Waals surface area contributed by atoms with E-state index in [1.54, 1.807) is 18.2 Å². The smallest absolute Gasteiger partial charge is 0.261 e. The van der Waals surface area contributed by atoms with Gasteiger partial charge in [0.1, 0.15) is 5.75 Å². The Bertz CT molecular complexity index is 927. The highest BCUT2D eigenvalue weighted by Gasteiger charge is 2.19. The Morgan fingerprint density at radius 3 is 2.29 bits per heavy atom. The number of hydrogen-bond donors (Lipinski definition) is 1. The van der Waals surface area contributed by atoms with Crippen molar-refractivity contribution in [3.63, 3.8) is 0 Å². The van der Waals surface area contributed by atoms with Crippen molar-refractivity contribution < 1.29 is 9.53 Å². The van der Waals surface area contributed by atoms with Crippen LogP contribution in [-0.2, 0) is 11.3 Å². The van der Waals surface area contributed by atoms with Gasteiger partial charge < -0.3 is 10.1 Å². The third-order valence-corrected chi connectivity index (χ3v) is 4.88. The number of hydrogen-bond acceptors (Lipinski definition) is 2. The zero-order valence-corrected chi connectivity index (χ0v) is 17.0. The number of halogens is 2. The zero-order chi connectivity index (χ0) is 19.9. The van der Waals surface area contributed by atoms with Crippen LogP contribution in [0.3, 0.4) is 0 Å². The highest BCUT2D eigenvalue weighted by atomic mass is 35.5. The first kappa shape index (κ1) is 20.2. The highest BCUT2D eigenvalue weighted by molar-refractivity contribution is 6.35. The molecule has 1 unspecified atom stereocenters. The summed E-state index contributed by atoms with van der Waals surface area (Å²) in [5.41, 5.74) is 3.33. The largest absolute Gasteiger partial charge is 0.479 e. The summed E-state index contributed by atoms with van der Waals surface area (Å²) in [7, 11) is 0. The van der Waals surface area contributed by atoms with Crippen LogP contribution < -0.4 is 10.1 Å². The summed E-state index contributed by atoms with van der Waals surface area (Å²) in [5.74, 6) is 0.265. The number of nitrogens with one attached hydrogen (secondary N) is 1. The average molecular weight is 414 g/mol. The lowest BCUT2D eigenvalue weighted by Gasteiger charge is -2.18. The molecule has 0 saturated heterocycles. The van der Waals surface area contributed by atoms with Crippen LogP contribution in [0.1, 0.15) is 18.9 Å². The lowest BCUT2D eigenvalue weighted by molar-refractivity contribution is -0.128. The van der Waals surface area contributed by atoms with Gasteiger partial charge in [0.05, 0.1) is 5.02 Å². The fraction of sp³-hybridized carbons (Fsp3) is 0.174. The number of rotatable bonds is 7. The summed E-state index contributed by atoms with van der Waals surface area (Å²) in [5, 5.41) is 3.83. The van der Waals surface area contributed by atoms with Gasteiger partial charge in [0, 0.05) is 11.6 Å². The van der Waals surface area contributed by atoms with E-state index in [0.717, 1.165) is 16.7 Å². The molecule has 1 amide bonds. The molecule has 0 saturated carbocycles. The van der Waals surface area contributed by atoms with Crippen molar-refractivity contribution in [1.82, 2.24) is 5.32 Å². The number of benzene rings is 3. The highest BCUT2D eigenvalue weighted by Crippen LogP contribution is 2.28. The Balaban J connectivity index is 1.59. The van der Waals surface area contributed by atoms with Gasteiger partial charge in [-0.1, -0.05) is 84.7 Å². The monoisotopic (exact) mass is 413 g/mol. The predicted octanol–water partition coefficient (Wildman–Crippen LogP) is 6.13. The van der Waals surface area contributed by atoms with E-state index in [-0.39, 0.29) is 5.91 Å². The van der Waals surface area contributed by atoms with Gasteiger partial charge in [-0.05, 0) is 41.3 Å². The first-order valence-electron chi connectivity index (χ1n) is 9.10. The van der Waals surface area contributed by atoms with Crippen molar-refractivity contribution in [1.29, 1.82) is 0 Å². The number of carbonyl (C=O) groups is 1. The van der Waals surface area contributed by atoms with E-state index >= 15 is 0 Å². The van der Waals surface area contributed by atoms with Gasteiger partial charge in [0.2, 0.25) is 0 Å². The standard InChI is InChI=1S/C23H21Cl2NO2/c1-2-21(28-22-13-12-19(24)14-20(22)25)23(27)26-15-16-8-10-18(11-9-16)17-6-4-3-5-7-17/h3-14,21H,2,15H2,1H3,(H,26,27). The Kier molecular flexibility index (Phi) is 6.96. The van der Waals surface area contributed by atoms with Crippen molar-refractivity contribution in [3.8, 4) is 16.9 Å². The van der Waals surface area contributed by atoms with Gasteiger partial charge in [0.25, 0.3) is 5.91 Å². The lowest BCUT2D eigenvalue weighted by Crippen LogP contribution is -2.37. The van der Waals surface area contributed by atoms with Gasteiger partial charge in [-0.2, -0.15) is 0 Å². The van der Waals surface area contributed by atoms with Gasteiger partial charge in [-0.3, -0.25) is 4.79 Å². The SMILES string of the molecule is CCC(Oc1ccc(Cl)cc1Cl)C(=O)NCc1ccc(-c2ccccc2)cc1. The molecule has 1 atom stereocenters. The van der Waals surface area contributed by atoms with Crippen molar-refractivity contribution in [2.45, 2.75) is 26.0 Å².